The Hall–Kier alpha value is -4.76. The number of aryl methyl sites for hydroxylation is 2. The van der Waals surface area contributed by atoms with Crippen molar-refractivity contribution >= 4 is 11.6 Å². The maximum Gasteiger partial charge on any atom is 0.340 e. The molecule has 0 aliphatic carbocycles. The minimum absolute atomic E-state index is 0.0114. The summed E-state index contributed by atoms with van der Waals surface area (Å²) in [4.78, 5) is 18.2. The number of benzene rings is 3. The molecule has 0 saturated carbocycles. The number of carbonyl (C=O) groups is 1. The van der Waals surface area contributed by atoms with Gasteiger partial charge in [-0.25, -0.2) is 18.7 Å². The van der Waals surface area contributed by atoms with Crippen LogP contribution in [0.25, 0.3) is 39.3 Å². The van der Waals surface area contributed by atoms with E-state index >= 15 is 0 Å². The standard InChI is InChI=1S/C34H34FN3O5/c1-7-42-33(41)32(43-34(4,5)6)30-20(3)36-29-18-26(37-38(29)31(30)25-13-11-19(2)15-27(25)39)22-10-8-9-21(16-22)24-14-12-23(35)17-28(24)40/h8-18,32,39-40H,7H2,1-6H3. The van der Waals surface area contributed by atoms with Crippen LogP contribution >= 0.6 is 0 Å². The van der Waals surface area contributed by atoms with Crippen LogP contribution in [0.2, 0.25) is 0 Å². The summed E-state index contributed by atoms with van der Waals surface area (Å²) in [6.45, 7) is 11.1. The minimum Gasteiger partial charge on any atom is -0.507 e. The highest BCUT2D eigenvalue weighted by Crippen LogP contribution is 2.40. The molecular formula is C34H34FN3O5. The van der Waals surface area contributed by atoms with Crippen molar-refractivity contribution in [1.29, 1.82) is 0 Å². The first kappa shape index (κ1) is 29.7. The van der Waals surface area contributed by atoms with Crippen LogP contribution in [0, 0.1) is 19.7 Å². The van der Waals surface area contributed by atoms with Crippen molar-refractivity contribution in [3.05, 3.63) is 89.4 Å². The molecule has 0 radical (unpaired) electrons. The lowest BCUT2D eigenvalue weighted by molar-refractivity contribution is -0.166. The highest BCUT2D eigenvalue weighted by Gasteiger charge is 2.35. The third-order valence-corrected chi connectivity index (χ3v) is 6.90. The second kappa shape index (κ2) is 11.5. The first-order chi connectivity index (χ1) is 20.4. The largest absolute Gasteiger partial charge is 0.507 e. The molecule has 0 bridgehead atoms. The van der Waals surface area contributed by atoms with Crippen molar-refractivity contribution in [1.82, 2.24) is 14.6 Å². The Morgan fingerprint density at radius 3 is 2.33 bits per heavy atom. The SMILES string of the molecule is CCOC(=O)C(OC(C)(C)C)c1c(C)nc2cc(-c3cccc(-c4ccc(F)cc4O)c3)nn2c1-c1ccc(C)cc1O. The summed E-state index contributed by atoms with van der Waals surface area (Å²) >= 11 is 0. The smallest absolute Gasteiger partial charge is 0.340 e. The fraction of sp³-hybridized carbons (Fsp3) is 0.265. The number of carbonyl (C=O) groups excluding carboxylic acids is 1. The van der Waals surface area contributed by atoms with Crippen LogP contribution in [0.15, 0.2) is 66.7 Å². The predicted octanol–water partition coefficient (Wildman–Crippen LogP) is 7.32. The van der Waals surface area contributed by atoms with Crippen LogP contribution in [0.4, 0.5) is 4.39 Å². The van der Waals surface area contributed by atoms with E-state index in [-0.39, 0.29) is 18.1 Å². The molecule has 0 fully saturated rings. The van der Waals surface area contributed by atoms with E-state index in [2.05, 4.69) is 0 Å². The van der Waals surface area contributed by atoms with E-state index in [1.165, 1.54) is 12.1 Å². The van der Waals surface area contributed by atoms with E-state index < -0.39 is 23.5 Å². The molecule has 5 rings (SSSR count). The molecule has 5 aromatic rings. The van der Waals surface area contributed by atoms with Crippen molar-refractivity contribution in [2.24, 2.45) is 0 Å². The first-order valence-electron chi connectivity index (χ1n) is 14.0. The van der Waals surface area contributed by atoms with E-state index in [9.17, 15) is 19.4 Å². The van der Waals surface area contributed by atoms with Crippen molar-refractivity contribution in [2.45, 2.75) is 53.2 Å². The number of aromatic hydroxyl groups is 2. The Bertz CT molecular complexity index is 1840. The topological polar surface area (TPSA) is 106 Å². The second-order valence-corrected chi connectivity index (χ2v) is 11.4. The van der Waals surface area contributed by atoms with Crippen LogP contribution in [0.1, 0.15) is 50.6 Å². The van der Waals surface area contributed by atoms with Crippen LogP contribution < -0.4 is 0 Å². The number of aromatic nitrogens is 3. The number of ether oxygens (including phenoxy) is 2. The molecule has 2 N–H and O–H groups in total. The van der Waals surface area contributed by atoms with Gasteiger partial charge in [0.1, 0.15) is 17.3 Å². The van der Waals surface area contributed by atoms with Crippen LogP contribution in [0.5, 0.6) is 11.5 Å². The predicted molar refractivity (Wildman–Crippen MR) is 162 cm³/mol. The van der Waals surface area contributed by atoms with Gasteiger partial charge in [-0.05, 0) is 83.0 Å². The number of esters is 1. The van der Waals surface area contributed by atoms with Gasteiger partial charge in [0.05, 0.1) is 23.6 Å². The monoisotopic (exact) mass is 583 g/mol. The number of halogens is 1. The Morgan fingerprint density at radius 1 is 0.953 bits per heavy atom. The fourth-order valence-electron chi connectivity index (χ4n) is 5.08. The summed E-state index contributed by atoms with van der Waals surface area (Å²) in [5.74, 6) is -1.26. The quantitative estimate of drug-likeness (QED) is 0.193. The van der Waals surface area contributed by atoms with Crippen LogP contribution in [-0.2, 0) is 14.3 Å². The number of rotatable bonds is 7. The van der Waals surface area contributed by atoms with Gasteiger partial charge in [-0.15, -0.1) is 0 Å². The van der Waals surface area contributed by atoms with Crippen molar-refractivity contribution in [2.75, 3.05) is 6.61 Å². The summed E-state index contributed by atoms with van der Waals surface area (Å²) in [5, 5.41) is 26.4. The van der Waals surface area contributed by atoms with Gasteiger partial charge in [0, 0.05) is 40.1 Å². The zero-order valence-corrected chi connectivity index (χ0v) is 25.0. The molecule has 43 heavy (non-hydrogen) atoms. The normalized spacial score (nSPS) is 12.4. The molecule has 2 aromatic heterocycles. The summed E-state index contributed by atoms with van der Waals surface area (Å²) < 4.78 is 26.9. The van der Waals surface area contributed by atoms with Crippen molar-refractivity contribution in [3.8, 4) is 45.1 Å². The Balaban J connectivity index is 1.77. The van der Waals surface area contributed by atoms with Gasteiger partial charge < -0.3 is 19.7 Å². The number of hydrogen-bond donors (Lipinski definition) is 2. The van der Waals surface area contributed by atoms with E-state index in [0.29, 0.717) is 45.0 Å². The lowest BCUT2D eigenvalue weighted by Gasteiger charge is -2.28. The summed E-state index contributed by atoms with van der Waals surface area (Å²) in [6.07, 6.45) is -1.15. The van der Waals surface area contributed by atoms with Gasteiger partial charge in [-0.1, -0.05) is 24.3 Å². The van der Waals surface area contributed by atoms with E-state index in [1.807, 2.05) is 58.0 Å². The van der Waals surface area contributed by atoms with E-state index in [0.717, 1.165) is 17.2 Å². The molecule has 1 atom stereocenters. The van der Waals surface area contributed by atoms with E-state index in [4.69, 9.17) is 19.6 Å². The molecule has 0 spiro atoms. The van der Waals surface area contributed by atoms with Crippen LogP contribution in [0.3, 0.4) is 0 Å². The summed E-state index contributed by atoms with van der Waals surface area (Å²) in [6, 6.07) is 18.3. The van der Waals surface area contributed by atoms with Crippen molar-refractivity contribution in [3.63, 3.8) is 0 Å². The Labute approximate surface area is 249 Å². The molecule has 3 aromatic carbocycles. The van der Waals surface area contributed by atoms with Gasteiger partial charge in [-0.2, -0.15) is 5.10 Å². The zero-order chi connectivity index (χ0) is 31.1. The molecule has 2 heterocycles. The number of fused-ring (bicyclic) bond motifs is 1. The number of nitrogens with zero attached hydrogens (tertiary/aromatic N) is 3. The summed E-state index contributed by atoms with van der Waals surface area (Å²) in [5.41, 5.74) is 4.90. The maximum absolute atomic E-state index is 13.6. The van der Waals surface area contributed by atoms with E-state index in [1.54, 1.807) is 36.6 Å². The van der Waals surface area contributed by atoms with Crippen molar-refractivity contribution < 1.29 is 28.9 Å². The van der Waals surface area contributed by atoms with Gasteiger partial charge in [0.2, 0.25) is 0 Å². The number of phenolic OH excluding ortho intramolecular Hbond substituents is 2. The third-order valence-electron chi connectivity index (χ3n) is 6.90. The molecule has 222 valence electrons. The maximum atomic E-state index is 13.6. The highest BCUT2D eigenvalue weighted by molar-refractivity contribution is 5.84. The second-order valence-electron chi connectivity index (χ2n) is 11.4. The molecule has 9 heteroatoms. The molecular weight excluding hydrogens is 549 g/mol. The molecule has 1 unspecified atom stereocenters. The lowest BCUT2D eigenvalue weighted by atomic mass is 9.97. The Kier molecular flexibility index (Phi) is 7.94. The highest BCUT2D eigenvalue weighted by atomic mass is 19.1. The van der Waals surface area contributed by atoms with Crippen LogP contribution in [-0.4, -0.2) is 43.0 Å². The molecule has 0 saturated heterocycles. The molecule has 0 aliphatic rings. The lowest BCUT2D eigenvalue weighted by Crippen LogP contribution is -2.30. The number of hydrogen-bond acceptors (Lipinski definition) is 7. The molecule has 0 amide bonds. The van der Waals surface area contributed by atoms with Gasteiger partial charge >= 0.3 is 5.97 Å². The fourth-order valence-corrected chi connectivity index (χ4v) is 5.08. The third kappa shape index (κ3) is 6.08. The first-order valence-corrected chi connectivity index (χ1v) is 14.0. The van der Waals surface area contributed by atoms with Gasteiger partial charge in [0.25, 0.3) is 0 Å². The average molecular weight is 584 g/mol. The molecule has 0 aliphatic heterocycles. The molecule has 8 nitrogen and oxygen atoms in total. The van der Waals surface area contributed by atoms with Gasteiger partial charge in [-0.3, -0.25) is 0 Å². The Morgan fingerprint density at radius 2 is 1.65 bits per heavy atom. The van der Waals surface area contributed by atoms with Gasteiger partial charge in [0.15, 0.2) is 11.8 Å². The summed E-state index contributed by atoms with van der Waals surface area (Å²) in [7, 11) is 0. The number of phenols is 2. The average Bonchev–Trinajstić information content (AvgIpc) is 3.35. The zero-order valence-electron chi connectivity index (χ0n) is 25.0. The minimum atomic E-state index is -1.15.